The van der Waals surface area contributed by atoms with Gasteiger partial charge in [-0.25, -0.2) is 0 Å². The van der Waals surface area contributed by atoms with Crippen LogP contribution in [-0.2, 0) is 0 Å². The summed E-state index contributed by atoms with van der Waals surface area (Å²) in [6.07, 6.45) is 1.29. The first-order valence-corrected chi connectivity index (χ1v) is 4.44. The summed E-state index contributed by atoms with van der Waals surface area (Å²) < 4.78 is 0. The summed E-state index contributed by atoms with van der Waals surface area (Å²) in [5.41, 5.74) is 5.49. The molecule has 0 unspecified atom stereocenters. The van der Waals surface area contributed by atoms with Gasteiger partial charge in [0.25, 0.3) is 0 Å². The minimum Gasteiger partial charge on any atom is -0.329 e. The highest BCUT2D eigenvalue weighted by Crippen LogP contribution is 1.99. The molecule has 0 bridgehead atoms. The molecule has 1 rings (SSSR count). The minimum absolute atomic E-state index is 0. The number of hydrogen-bond acceptors (Lipinski definition) is 3. The average molecular weight is 194 g/mol. The lowest BCUT2D eigenvalue weighted by Crippen LogP contribution is -2.32. The molecule has 0 spiro atoms. The van der Waals surface area contributed by atoms with Crippen molar-refractivity contribution in [1.82, 2.24) is 9.80 Å². The van der Waals surface area contributed by atoms with E-state index in [2.05, 4.69) is 16.8 Å². The molecule has 0 aliphatic carbocycles. The summed E-state index contributed by atoms with van der Waals surface area (Å²) >= 11 is 0. The van der Waals surface area contributed by atoms with Crippen molar-refractivity contribution in [2.24, 2.45) is 5.73 Å². The molecule has 0 aromatic heterocycles. The molecule has 0 aromatic carbocycles. The lowest BCUT2D eigenvalue weighted by atomic mass is 10.4. The molecule has 1 heterocycles. The minimum atomic E-state index is 0. The predicted molar refractivity (Wildman–Crippen MR) is 54.9 cm³/mol. The molecule has 2 N–H and O–H groups in total. The molecule has 0 amide bonds. The first-order chi connectivity index (χ1) is 5.33. The summed E-state index contributed by atoms with van der Waals surface area (Å²) in [6.45, 7) is 6.70. The van der Waals surface area contributed by atoms with E-state index in [1.54, 1.807) is 0 Å². The van der Waals surface area contributed by atoms with Crippen LogP contribution in [0.4, 0.5) is 0 Å². The quantitative estimate of drug-likeness (QED) is 0.671. The van der Waals surface area contributed by atoms with Crippen LogP contribution in [0.5, 0.6) is 0 Å². The molecule has 3 nitrogen and oxygen atoms in total. The fourth-order valence-corrected chi connectivity index (χ4v) is 1.51. The molecule has 1 fully saturated rings. The van der Waals surface area contributed by atoms with Gasteiger partial charge in [-0.15, -0.1) is 12.4 Å². The third-order valence-corrected chi connectivity index (χ3v) is 2.26. The Morgan fingerprint density at radius 2 is 1.92 bits per heavy atom. The van der Waals surface area contributed by atoms with E-state index in [1.165, 1.54) is 32.6 Å². The molecule has 12 heavy (non-hydrogen) atoms. The van der Waals surface area contributed by atoms with Gasteiger partial charge in [0.1, 0.15) is 0 Å². The molecule has 0 aromatic rings. The van der Waals surface area contributed by atoms with Crippen LogP contribution in [0.2, 0.25) is 0 Å². The Labute approximate surface area is 81.3 Å². The lowest BCUT2D eigenvalue weighted by molar-refractivity contribution is 0.283. The molecular weight excluding hydrogens is 174 g/mol. The molecular formula is C8H20ClN3. The fourth-order valence-electron chi connectivity index (χ4n) is 1.51. The molecule has 0 radical (unpaired) electrons. The van der Waals surface area contributed by atoms with E-state index in [4.69, 9.17) is 5.73 Å². The van der Waals surface area contributed by atoms with Crippen LogP contribution in [0, 0.1) is 0 Å². The second-order valence-electron chi connectivity index (χ2n) is 3.29. The van der Waals surface area contributed by atoms with Gasteiger partial charge in [0.05, 0.1) is 0 Å². The smallest absolute Gasteiger partial charge is 0.0110 e. The molecule has 0 atom stereocenters. The first-order valence-electron chi connectivity index (χ1n) is 4.44. The second kappa shape index (κ2) is 6.66. The highest BCUT2D eigenvalue weighted by molar-refractivity contribution is 5.85. The summed E-state index contributed by atoms with van der Waals surface area (Å²) in [6, 6.07) is 0. The fraction of sp³-hybridized carbons (Fsp3) is 1.00. The molecule has 1 saturated heterocycles. The standard InChI is InChI=1S/C8H19N3.ClH/c1-10-4-2-5-11(6-3-9)8-7-10;/h2-9H2,1H3;1H. The highest BCUT2D eigenvalue weighted by atomic mass is 35.5. The van der Waals surface area contributed by atoms with Gasteiger partial charge in [-0.2, -0.15) is 0 Å². The van der Waals surface area contributed by atoms with Crippen molar-refractivity contribution in [2.75, 3.05) is 46.3 Å². The zero-order chi connectivity index (χ0) is 8.10. The summed E-state index contributed by atoms with van der Waals surface area (Å²) in [4.78, 5) is 4.83. The third kappa shape index (κ3) is 4.26. The molecule has 4 heteroatoms. The summed E-state index contributed by atoms with van der Waals surface area (Å²) in [5, 5.41) is 0. The van der Waals surface area contributed by atoms with Crippen molar-refractivity contribution in [1.29, 1.82) is 0 Å². The highest BCUT2D eigenvalue weighted by Gasteiger charge is 2.09. The zero-order valence-electron chi connectivity index (χ0n) is 7.83. The van der Waals surface area contributed by atoms with E-state index in [1.807, 2.05) is 0 Å². The van der Waals surface area contributed by atoms with Crippen LogP contribution in [0.15, 0.2) is 0 Å². The van der Waals surface area contributed by atoms with Crippen molar-refractivity contribution in [3.8, 4) is 0 Å². The zero-order valence-corrected chi connectivity index (χ0v) is 8.65. The van der Waals surface area contributed by atoms with Crippen LogP contribution in [0.25, 0.3) is 0 Å². The average Bonchev–Trinajstić information content (AvgIpc) is 2.17. The Hall–Kier alpha value is 0.170. The number of hydrogen-bond donors (Lipinski definition) is 1. The van der Waals surface area contributed by atoms with Crippen molar-refractivity contribution in [3.63, 3.8) is 0 Å². The predicted octanol–water partition coefficient (Wildman–Crippen LogP) is 0.00440. The Bertz CT molecular complexity index is 110. The van der Waals surface area contributed by atoms with E-state index in [0.717, 1.165) is 13.1 Å². The van der Waals surface area contributed by atoms with Crippen molar-refractivity contribution in [3.05, 3.63) is 0 Å². The summed E-state index contributed by atoms with van der Waals surface area (Å²) in [5.74, 6) is 0. The van der Waals surface area contributed by atoms with E-state index < -0.39 is 0 Å². The molecule has 0 saturated carbocycles. The maximum Gasteiger partial charge on any atom is 0.0110 e. The maximum atomic E-state index is 5.49. The Balaban J connectivity index is 0.00000121. The topological polar surface area (TPSA) is 32.5 Å². The molecule has 74 valence electrons. The van der Waals surface area contributed by atoms with Crippen molar-refractivity contribution in [2.45, 2.75) is 6.42 Å². The Morgan fingerprint density at radius 1 is 1.17 bits per heavy atom. The van der Waals surface area contributed by atoms with Gasteiger partial charge in [-0.1, -0.05) is 0 Å². The third-order valence-electron chi connectivity index (χ3n) is 2.26. The van der Waals surface area contributed by atoms with Crippen LogP contribution in [0.3, 0.4) is 0 Å². The van der Waals surface area contributed by atoms with Crippen molar-refractivity contribution < 1.29 is 0 Å². The Morgan fingerprint density at radius 3 is 2.58 bits per heavy atom. The van der Waals surface area contributed by atoms with Crippen LogP contribution in [0.1, 0.15) is 6.42 Å². The Kier molecular flexibility index (Phi) is 6.76. The van der Waals surface area contributed by atoms with Crippen LogP contribution in [-0.4, -0.2) is 56.1 Å². The van der Waals surface area contributed by atoms with E-state index in [-0.39, 0.29) is 12.4 Å². The monoisotopic (exact) mass is 193 g/mol. The van der Waals surface area contributed by atoms with Gasteiger partial charge in [0.2, 0.25) is 0 Å². The summed E-state index contributed by atoms with van der Waals surface area (Å²) in [7, 11) is 2.19. The van der Waals surface area contributed by atoms with E-state index in [0.29, 0.717) is 0 Å². The number of nitrogens with zero attached hydrogens (tertiary/aromatic N) is 2. The largest absolute Gasteiger partial charge is 0.329 e. The van der Waals surface area contributed by atoms with Gasteiger partial charge in [0.15, 0.2) is 0 Å². The SMILES string of the molecule is CN1CCCN(CCN)CC1.Cl. The molecule has 1 aliphatic rings. The number of nitrogens with two attached hydrogens (primary N) is 1. The van der Waals surface area contributed by atoms with Crippen LogP contribution >= 0.6 is 12.4 Å². The maximum absolute atomic E-state index is 5.49. The van der Waals surface area contributed by atoms with Gasteiger partial charge in [-0.05, 0) is 26.6 Å². The second-order valence-corrected chi connectivity index (χ2v) is 3.29. The number of likely N-dealkylation sites (N-methyl/N-ethyl adjacent to an activating group) is 1. The first kappa shape index (κ1) is 12.2. The van der Waals surface area contributed by atoms with E-state index in [9.17, 15) is 0 Å². The van der Waals surface area contributed by atoms with Gasteiger partial charge in [0, 0.05) is 26.2 Å². The number of halogens is 1. The van der Waals surface area contributed by atoms with Gasteiger partial charge >= 0.3 is 0 Å². The normalized spacial score (nSPS) is 21.5. The van der Waals surface area contributed by atoms with Gasteiger partial charge < -0.3 is 15.5 Å². The van der Waals surface area contributed by atoms with Crippen LogP contribution < -0.4 is 5.73 Å². The molecule has 1 aliphatic heterocycles. The number of rotatable bonds is 2. The van der Waals surface area contributed by atoms with Crippen molar-refractivity contribution >= 4 is 12.4 Å². The van der Waals surface area contributed by atoms with Gasteiger partial charge in [-0.3, -0.25) is 0 Å². The lowest BCUT2D eigenvalue weighted by Gasteiger charge is -2.18. The van der Waals surface area contributed by atoms with E-state index >= 15 is 0 Å².